The second-order valence-electron chi connectivity index (χ2n) is 4.64. The quantitative estimate of drug-likeness (QED) is 0.827. The Morgan fingerprint density at radius 1 is 1.44 bits per heavy atom. The summed E-state index contributed by atoms with van der Waals surface area (Å²) in [5.74, 6) is 0.200. The Labute approximate surface area is 121 Å². The maximum atomic E-state index is 12.0. The molecule has 0 spiro atoms. The molecule has 1 atom stereocenters. The van der Waals surface area contributed by atoms with Gasteiger partial charge in [-0.3, -0.25) is 4.79 Å². The first-order valence-corrected chi connectivity index (χ1v) is 7.39. The van der Waals surface area contributed by atoms with Gasteiger partial charge in [0.15, 0.2) is 0 Å². The topological polar surface area (TPSA) is 26.3 Å². The molecule has 0 bridgehead atoms. The highest BCUT2D eigenvalue weighted by Crippen LogP contribution is 2.23. The van der Waals surface area contributed by atoms with Gasteiger partial charge in [0.05, 0.1) is 6.10 Å². The number of Topliss-reactive ketones (excluding diaryl/α,β-unsaturated/α-hetero) is 1. The zero-order valence-electron chi connectivity index (χ0n) is 10.1. The summed E-state index contributed by atoms with van der Waals surface area (Å²) >= 11 is 9.46. The highest BCUT2D eigenvalue weighted by Gasteiger charge is 2.18. The van der Waals surface area contributed by atoms with Crippen molar-refractivity contribution in [3.05, 3.63) is 33.3 Å². The van der Waals surface area contributed by atoms with Gasteiger partial charge in [-0.2, -0.15) is 0 Å². The Kier molecular flexibility index (Phi) is 5.22. The van der Waals surface area contributed by atoms with Crippen LogP contribution in [-0.4, -0.2) is 18.5 Å². The summed E-state index contributed by atoms with van der Waals surface area (Å²) in [5, 5.41) is 0.641. The summed E-state index contributed by atoms with van der Waals surface area (Å²) in [6, 6.07) is 5.62. The highest BCUT2D eigenvalue weighted by molar-refractivity contribution is 9.10. The fourth-order valence-electron chi connectivity index (χ4n) is 2.17. The van der Waals surface area contributed by atoms with E-state index in [1.54, 1.807) is 0 Å². The zero-order chi connectivity index (χ0) is 13.0. The molecule has 4 heteroatoms. The molecule has 1 aliphatic heterocycles. The first-order valence-electron chi connectivity index (χ1n) is 6.22. The van der Waals surface area contributed by atoms with Gasteiger partial charge in [-0.25, -0.2) is 0 Å². The maximum absolute atomic E-state index is 12.0. The predicted octanol–water partition coefficient (Wildman–Crippen LogP) is 4.17. The van der Waals surface area contributed by atoms with Crippen molar-refractivity contribution >= 4 is 33.3 Å². The van der Waals surface area contributed by atoms with Gasteiger partial charge < -0.3 is 4.74 Å². The Hall–Kier alpha value is -0.380. The molecular weight excluding hydrogens is 316 g/mol. The van der Waals surface area contributed by atoms with Crippen molar-refractivity contribution in [1.29, 1.82) is 0 Å². The molecule has 1 heterocycles. The predicted molar refractivity (Wildman–Crippen MR) is 76.1 cm³/mol. The molecule has 1 aromatic carbocycles. The smallest absolute Gasteiger partial charge is 0.139 e. The number of hydrogen-bond donors (Lipinski definition) is 0. The minimum absolute atomic E-state index is 0.112. The molecule has 0 N–H and O–H groups in total. The SMILES string of the molecule is O=C(Cc1ccc(Br)cc1Cl)CC1CCCCO1. The van der Waals surface area contributed by atoms with Crippen LogP contribution >= 0.6 is 27.5 Å². The fourth-order valence-corrected chi connectivity index (χ4v) is 2.91. The van der Waals surface area contributed by atoms with E-state index in [4.69, 9.17) is 16.3 Å². The van der Waals surface area contributed by atoms with E-state index in [1.807, 2.05) is 18.2 Å². The summed E-state index contributed by atoms with van der Waals surface area (Å²) in [6.45, 7) is 0.789. The second-order valence-corrected chi connectivity index (χ2v) is 5.97. The average molecular weight is 332 g/mol. The van der Waals surface area contributed by atoms with E-state index in [0.29, 0.717) is 17.9 Å². The maximum Gasteiger partial charge on any atom is 0.139 e. The molecule has 0 radical (unpaired) electrons. The third kappa shape index (κ3) is 4.08. The van der Waals surface area contributed by atoms with Crippen LogP contribution in [0.2, 0.25) is 5.02 Å². The van der Waals surface area contributed by atoms with Gasteiger partial charge in [-0.05, 0) is 37.0 Å². The van der Waals surface area contributed by atoms with E-state index < -0.39 is 0 Å². The number of benzene rings is 1. The Balaban J connectivity index is 1.90. The van der Waals surface area contributed by atoms with Gasteiger partial charge >= 0.3 is 0 Å². The van der Waals surface area contributed by atoms with Crippen molar-refractivity contribution in [2.24, 2.45) is 0 Å². The molecule has 2 rings (SSSR count). The number of halogens is 2. The van der Waals surface area contributed by atoms with Crippen LogP contribution in [0.15, 0.2) is 22.7 Å². The first-order chi connectivity index (χ1) is 8.65. The largest absolute Gasteiger partial charge is 0.378 e. The van der Waals surface area contributed by atoms with Crippen molar-refractivity contribution in [3.8, 4) is 0 Å². The Bertz CT molecular complexity index is 428. The van der Waals surface area contributed by atoms with Crippen LogP contribution in [-0.2, 0) is 16.0 Å². The molecule has 0 aliphatic carbocycles. The van der Waals surface area contributed by atoms with Crippen molar-refractivity contribution in [2.75, 3.05) is 6.61 Å². The average Bonchev–Trinajstić information content (AvgIpc) is 2.34. The van der Waals surface area contributed by atoms with Gasteiger partial charge in [0, 0.05) is 28.9 Å². The van der Waals surface area contributed by atoms with E-state index in [2.05, 4.69) is 15.9 Å². The van der Waals surface area contributed by atoms with Crippen LogP contribution in [0.5, 0.6) is 0 Å². The molecule has 1 aromatic rings. The lowest BCUT2D eigenvalue weighted by atomic mass is 10.00. The number of ether oxygens (including phenoxy) is 1. The van der Waals surface area contributed by atoms with Crippen LogP contribution in [0.25, 0.3) is 0 Å². The normalized spacial score (nSPS) is 19.8. The standard InChI is InChI=1S/C14H16BrClO2/c15-11-5-4-10(14(16)8-11)7-12(17)9-13-3-1-2-6-18-13/h4-5,8,13H,1-3,6-7,9H2. The molecule has 1 saturated heterocycles. The molecule has 0 saturated carbocycles. The van der Waals surface area contributed by atoms with Gasteiger partial charge in [-0.1, -0.05) is 33.6 Å². The third-order valence-electron chi connectivity index (χ3n) is 3.13. The summed E-state index contributed by atoms with van der Waals surface area (Å²) < 4.78 is 6.50. The minimum atomic E-state index is 0.112. The molecule has 1 unspecified atom stereocenters. The zero-order valence-corrected chi connectivity index (χ0v) is 12.5. The van der Waals surface area contributed by atoms with Crippen LogP contribution in [0.1, 0.15) is 31.2 Å². The first kappa shape index (κ1) is 14.0. The number of rotatable bonds is 4. The monoisotopic (exact) mass is 330 g/mol. The summed E-state index contributed by atoms with van der Waals surface area (Å²) in [5.41, 5.74) is 0.890. The number of carbonyl (C=O) groups excluding carboxylic acids is 1. The Morgan fingerprint density at radius 2 is 2.28 bits per heavy atom. The van der Waals surface area contributed by atoms with Gasteiger partial charge in [-0.15, -0.1) is 0 Å². The third-order valence-corrected chi connectivity index (χ3v) is 3.98. The van der Waals surface area contributed by atoms with E-state index in [9.17, 15) is 4.79 Å². The minimum Gasteiger partial charge on any atom is -0.378 e. The number of hydrogen-bond acceptors (Lipinski definition) is 2. The lowest BCUT2D eigenvalue weighted by molar-refractivity contribution is -0.122. The molecule has 1 fully saturated rings. The number of carbonyl (C=O) groups is 1. The lowest BCUT2D eigenvalue weighted by Crippen LogP contribution is -2.23. The number of ketones is 1. The molecule has 2 nitrogen and oxygen atoms in total. The van der Waals surface area contributed by atoms with Crippen molar-refractivity contribution in [3.63, 3.8) is 0 Å². The highest BCUT2D eigenvalue weighted by atomic mass is 79.9. The summed E-state index contributed by atoms with van der Waals surface area (Å²) in [6.07, 6.45) is 4.29. The van der Waals surface area contributed by atoms with Crippen LogP contribution in [0, 0.1) is 0 Å². The fraction of sp³-hybridized carbons (Fsp3) is 0.500. The summed E-state index contributed by atoms with van der Waals surface area (Å²) in [4.78, 5) is 12.0. The molecule has 0 aromatic heterocycles. The second kappa shape index (κ2) is 6.69. The van der Waals surface area contributed by atoms with Crippen molar-refractivity contribution < 1.29 is 9.53 Å². The molecule has 1 aliphatic rings. The lowest BCUT2D eigenvalue weighted by Gasteiger charge is -2.21. The molecule has 18 heavy (non-hydrogen) atoms. The van der Waals surface area contributed by atoms with Gasteiger partial charge in [0.2, 0.25) is 0 Å². The van der Waals surface area contributed by atoms with E-state index in [0.717, 1.165) is 35.9 Å². The van der Waals surface area contributed by atoms with Gasteiger partial charge in [0.1, 0.15) is 5.78 Å². The molecule has 98 valence electrons. The van der Waals surface area contributed by atoms with Crippen LogP contribution in [0.3, 0.4) is 0 Å². The van der Waals surface area contributed by atoms with Crippen molar-refractivity contribution in [2.45, 2.75) is 38.2 Å². The van der Waals surface area contributed by atoms with Crippen LogP contribution in [0.4, 0.5) is 0 Å². The van der Waals surface area contributed by atoms with E-state index >= 15 is 0 Å². The van der Waals surface area contributed by atoms with Crippen LogP contribution < -0.4 is 0 Å². The van der Waals surface area contributed by atoms with Crippen molar-refractivity contribution in [1.82, 2.24) is 0 Å². The Morgan fingerprint density at radius 3 is 2.94 bits per heavy atom. The van der Waals surface area contributed by atoms with Gasteiger partial charge in [0.25, 0.3) is 0 Å². The van der Waals surface area contributed by atoms with E-state index in [1.165, 1.54) is 0 Å². The summed E-state index contributed by atoms with van der Waals surface area (Å²) in [7, 11) is 0. The van der Waals surface area contributed by atoms with E-state index in [-0.39, 0.29) is 11.9 Å². The molecular formula is C14H16BrClO2. The molecule has 0 amide bonds.